The van der Waals surface area contributed by atoms with Crippen LogP contribution in [0.4, 0.5) is 0 Å². The molecule has 9 heteroatoms. The molecule has 2 bridgehead atoms. The van der Waals surface area contributed by atoms with E-state index in [-0.39, 0.29) is 5.90 Å². The molecule has 5 nitrogen and oxygen atoms in total. The molecule has 169 valence electrons. The van der Waals surface area contributed by atoms with Crippen LogP contribution in [0.5, 0.6) is 0 Å². The van der Waals surface area contributed by atoms with Crippen LogP contribution in [0.2, 0.25) is 5.02 Å². The topological polar surface area (TPSA) is 59.0 Å². The van der Waals surface area contributed by atoms with Crippen molar-refractivity contribution in [1.82, 2.24) is 9.80 Å². The van der Waals surface area contributed by atoms with Crippen LogP contribution in [0.25, 0.3) is 0 Å². The SMILES string of the molecule is CN1C2CCC1[C@@H](CN(CC[S-])CC([O-])=NCC[S-])[C@@H](c1ccc(Cl)cc1)C2.[O]=[99Tc]. The van der Waals surface area contributed by atoms with Gasteiger partial charge in [-0.1, -0.05) is 23.7 Å². The van der Waals surface area contributed by atoms with Crippen LogP contribution in [0.1, 0.15) is 30.7 Å². The van der Waals surface area contributed by atoms with E-state index in [1.807, 2.05) is 12.1 Å². The van der Waals surface area contributed by atoms with Crippen molar-refractivity contribution in [2.24, 2.45) is 10.9 Å². The monoisotopic (exact) mass is 553 g/mol. The summed E-state index contributed by atoms with van der Waals surface area (Å²) in [5, 5.41) is 13.0. The van der Waals surface area contributed by atoms with Crippen LogP contribution < -0.4 is 5.11 Å². The Hall–Kier alpha value is 0.0494. The number of rotatable bonds is 9. The second-order valence-electron chi connectivity index (χ2n) is 7.94. The molecule has 2 unspecified atom stereocenters. The molecule has 2 aliphatic heterocycles. The Labute approximate surface area is 206 Å². The van der Waals surface area contributed by atoms with E-state index in [1.54, 1.807) is 0 Å². The number of halogens is 1. The molecule has 30 heavy (non-hydrogen) atoms. The Morgan fingerprint density at radius 3 is 2.60 bits per heavy atom. The predicted octanol–water partition coefficient (Wildman–Crippen LogP) is 1.94. The molecular formula is C21H29ClN3O2S2Tc-3. The van der Waals surface area contributed by atoms with Crippen LogP contribution in [-0.2, 0) is 47.6 Å². The zero-order valence-corrected chi connectivity index (χ0v) is 21.5. The van der Waals surface area contributed by atoms with E-state index in [2.05, 4.69) is 34.0 Å². The summed E-state index contributed by atoms with van der Waals surface area (Å²) in [4.78, 5) is 8.84. The average Bonchev–Trinajstić information content (AvgIpc) is 2.99. The van der Waals surface area contributed by atoms with Gasteiger partial charge in [0.2, 0.25) is 0 Å². The maximum atomic E-state index is 12.2. The minimum absolute atomic E-state index is 0.0789. The molecule has 2 heterocycles. The minimum atomic E-state index is -0.0789. The summed E-state index contributed by atoms with van der Waals surface area (Å²) < 4.78 is 8.22. The number of hydrogen-bond donors (Lipinski definition) is 0. The summed E-state index contributed by atoms with van der Waals surface area (Å²) in [5.41, 5.74) is 1.36. The van der Waals surface area contributed by atoms with Crippen LogP contribution in [-0.4, -0.2) is 72.5 Å². The Balaban J connectivity index is 0.00000155. The van der Waals surface area contributed by atoms with Crippen molar-refractivity contribution in [2.45, 2.75) is 37.3 Å². The molecule has 4 atom stereocenters. The number of fused-ring (bicyclic) bond motifs is 2. The van der Waals surface area contributed by atoms with Crippen molar-refractivity contribution < 1.29 is 27.5 Å². The number of aliphatic imine (C=N–C) groups is 1. The van der Waals surface area contributed by atoms with Gasteiger partial charge in [0.05, 0.1) is 0 Å². The summed E-state index contributed by atoms with van der Waals surface area (Å²) >= 11 is 17.2. The van der Waals surface area contributed by atoms with Crippen molar-refractivity contribution in [3.05, 3.63) is 34.9 Å². The summed E-state index contributed by atoms with van der Waals surface area (Å²) in [5.74, 6) is 1.99. The molecule has 1 aromatic rings. The molecular weight excluding hydrogens is 525 g/mol. The Morgan fingerprint density at radius 2 is 1.97 bits per heavy atom. The van der Waals surface area contributed by atoms with Crippen LogP contribution >= 0.6 is 11.6 Å². The third-order valence-electron chi connectivity index (χ3n) is 6.34. The quantitative estimate of drug-likeness (QED) is 0.265. The first-order valence-electron chi connectivity index (χ1n) is 10.2. The van der Waals surface area contributed by atoms with Gasteiger partial charge < -0.3 is 45.2 Å². The molecule has 2 aliphatic rings. The molecule has 2 saturated heterocycles. The summed E-state index contributed by atoms with van der Waals surface area (Å²) in [6.45, 7) is 2.39. The number of benzene rings is 1. The van der Waals surface area contributed by atoms with E-state index in [1.165, 1.54) is 18.4 Å². The van der Waals surface area contributed by atoms with Gasteiger partial charge in [-0.2, -0.15) is 11.5 Å². The van der Waals surface area contributed by atoms with Crippen molar-refractivity contribution in [3.8, 4) is 0 Å². The molecule has 0 N–H and O–H groups in total. The van der Waals surface area contributed by atoms with Crippen molar-refractivity contribution in [3.63, 3.8) is 0 Å². The summed E-state index contributed by atoms with van der Waals surface area (Å²) in [7, 11) is 2.26. The van der Waals surface area contributed by atoms with E-state index in [4.69, 9.17) is 40.4 Å². The third kappa shape index (κ3) is 7.03. The number of piperidine rings is 1. The van der Waals surface area contributed by atoms with Crippen LogP contribution in [0, 0.1) is 5.92 Å². The normalized spacial score (nSPS) is 26.5. The number of hydrogen-bond acceptors (Lipinski definition) is 7. The Bertz CT molecular complexity index is 683. The van der Waals surface area contributed by atoms with Gasteiger partial charge in [-0.15, -0.1) is 0 Å². The fraction of sp³-hybridized carbons (Fsp3) is 0.667. The molecule has 0 spiro atoms. The third-order valence-corrected chi connectivity index (χ3v) is 6.96. The first-order chi connectivity index (χ1) is 14.5. The van der Waals surface area contributed by atoms with Gasteiger partial charge in [-0.25, -0.2) is 0 Å². The standard InChI is InChI=1S/C21H32ClN3OS2.O.Tc/c1-24-17-6-7-20(24)19(18(12-17)15-2-4-16(22)5-3-15)13-25(9-11-28)14-21(26)23-8-10-27;;/h2-5,17-20,27-28H,6-14H2,1H3,(H,23,26);;/p-3/t17?,18-,19+,20?;;/m1../s1/i;;1+1. The summed E-state index contributed by atoms with van der Waals surface area (Å²) in [6.07, 6.45) is 3.65. The molecule has 0 amide bonds. The van der Waals surface area contributed by atoms with E-state index in [0.29, 0.717) is 48.5 Å². The maximum absolute atomic E-state index is 12.2. The second kappa shape index (κ2) is 13.6. The Morgan fingerprint density at radius 1 is 1.27 bits per heavy atom. The fourth-order valence-corrected chi connectivity index (χ4v) is 5.47. The number of nitrogens with zero attached hydrogens (tertiary/aromatic N) is 3. The molecule has 0 saturated carbocycles. The van der Waals surface area contributed by atoms with E-state index < -0.39 is 0 Å². The zero-order valence-electron chi connectivity index (χ0n) is 17.2. The van der Waals surface area contributed by atoms with Crippen LogP contribution in [0.3, 0.4) is 0 Å². The van der Waals surface area contributed by atoms with E-state index >= 15 is 0 Å². The Kier molecular flexibility index (Phi) is 11.9. The average molecular weight is 554 g/mol. The van der Waals surface area contributed by atoms with Crippen molar-refractivity contribution >= 4 is 42.8 Å². The first-order valence-corrected chi connectivity index (χ1v) is 12.5. The van der Waals surface area contributed by atoms with Gasteiger partial charge in [-0.05, 0) is 68.3 Å². The van der Waals surface area contributed by atoms with Gasteiger partial charge in [-0.3, -0.25) is 0 Å². The fourth-order valence-electron chi connectivity index (χ4n) is 4.99. The van der Waals surface area contributed by atoms with Gasteiger partial charge in [0.15, 0.2) is 0 Å². The van der Waals surface area contributed by atoms with Gasteiger partial charge >= 0.3 is 22.4 Å². The van der Waals surface area contributed by atoms with E-state index in [9.17, 15) is 5.11 Å². The van der Waals surface area contributed by atoms with Crippen LogP contribution in [0.15, 0.2) is 29.3 Å². The molecule has 3 rings (SSSR count). The van der Waals surface area contributed by atoms with Gasteiger partial charge in [0.1, 0.15) is 0 Å². The first kappa shape index (κ1) is 26.3. The second-order valence-corrected chi connectivity index (χ2v) is 9.19. The van der Waals surface area contributed by atoms with E-state index in [0.717, 1.165) is 43.4 Å². The molecule has 2 fully saturated rings. The predicted molar refractivity (Wildman–Crippen MR) is 121 cm³/mol. The molecule has 1 aromatic carbocycles. The molecule has 0 radical (unpaired) electrons. The zero-order chi connectivity index (χ0) is 22.1. The molecule has 0 aromatic heterocycles. The molecule has 0 aliphatic carbocycles. The van der Waals surface area contributed by atoms with Gasteiger partial charge in [0.25, 0.3) is 0 Å². The van der Waals surface area contributed by atoms with Crippen molar-refractivity contribution in [2.75, 3.05) is 44.7 Å². The van der Waals surface area contributed by atoms with Crippen molar-refractivity contribution in [1.29, 1.82) is 0 Å². The summed E-state index contributed by atoms with van der Waals surface area (Å²) in [6, 6.07) is 9.53. The van der Waals surface area contributed by atoms with Gasteiger partial charge in [0, 0.05) is 36.7 Å².